The van der Waals surface area contributed by atoms with Crippen LogP contribution in [0.1, 0.15) is 42.2 Å². The summed E-state index contributed by atoms with van der Waals surface area (Å²) in [7, 11) is 2.05. The number of amides is 3. The van der Waals surface area contributed by atoms with Gasteiger partial charge in [0.25, 0.3) is 17.7 Å². The number of fused-ring (bicyclic) bond motifs is 3. The summed E-state index contributed by atoms with van der Waals surface area (Å²) in [6.45, 7) is 4.94. The molecule has 0 aliphatic carbocycles. The highest BCUT2D eigenvalue weighted by atomic mass is 16.2. The number of nitrogens with two attached hydrogens (primary N) is 1. The minimum atomic E-state index is -0.558. The van der Waals surface area contributed by atoms with Crippen molar-refractivity contribution in [3.63, 3.8) is 0 Å². The van der Waals surface area contributed by atoms with E-state index in [9.17, 15) is 14.4 Å². The zero-order valence-corrected chi connectivity index (χ0v) is 23.9. The maximum Gasteiger partial charge on any atom is 0.255 e. The summed E-state index contributed by atoms with van der Waals surface area (Å²) in [5.74, 6) is -0.869. The molecule has 9 nitrogen and oxygen atoms in total. The van der Waals surface area contributed by atoms with Gasteiger partial charge in [-0.15, -0.1) is 0 Å². The molecular formula is C34H30N6O3. The molecule has 3 amide bonds. The van der Waals surface area contributed by atoms with Gasteiger partial charge in [-0.25, -0.2) is 0 Å². The average molecular weight is 571 g/mol. The van der Waals surface area contributed by atoms with Gasteiger partial charge in [0, 0.05) is 59.3 Å². The number of piperazine rings is 1. The number of anilines is 1. The lowest BCUT2D eigenvalue weighted by Crippen LogP contribution is -2.47. The number of nitrogens with zero attached hydrogens (tertiary/aromatic N) is 3. The topological polar surface area (TPSA) is 135 Å². The Kier molecular flexibility index (Phi) is 7.14. The molecule has 43 heavy (non-hydrogen) atoms. The smallest absolute Gasteiger partial charge is 0.255 e. The van der Waals surface area contributed by atoms with Crippen LogP contribution in [0.25, 0.3) is 32.9 Å². The van der Waals surface area contributed by atoms with Gasteiger partial charge in [-0.2, -0.15) is 5.26 Å². The molecular weight excluding hydrogens is 540 g/mol. The Hall–Kier alpha value is -5.46. The van der Waals surface area contributed by atoms with Crippen molar-refractivity contribution in [2.45, 2.75) is 6.92 Å². The van der Waals surface area contributed by atoms with E-state index in [1.807, 2.05) is 61.3 Å². The van der Waals surface area contributed by atoms with Crippen LogP contribution in [0.15, 0.2) is 72.8 Å². The van der Waals surface area contributed by atoms with Crippen LogP contribution in [-0.2, 0) is 0 Å². The van der Waals surface area contributed by atoms with Crippen molar-refractivity contribution in [1.82, 2.24) is 14.8 Å². The van der Waals surface area contributed by atoms with Gasteiger partial charge in [-0.1, -0.05) is 24.3 Å². The lowest BCUT2D eigenvalue weighted by Gasteiger charge is -2.32. The van der Waals surface area contributed by atoms with Crippen LogP contribution in [0, 0.1) is 18.3 Å². The summed E-state index contributed by atoms with van der Waals surface area (Å²) < 4.78 is 0. The molecule has 1 aliphatic heterocycles. The van der Waals surface area contributed by atoms with E-state index < -0.39 is 5.91 Å². The summed E-state index contributed by atoms with van der Waals surface area (Å²) in [4.78, 5) is 46.2. The van der Waals surface area contributed by atoms with Crippen molar-refractivity contribution in [2.24, 2.45) is 5.73 Å². The Morgan fingerprint density at radius 1 is 0.907 bits per heavy atom. The van der Waals surface area contributed by atoms with Gasteiger partial charge in [-0.3, -0.25) is 14.4 Å². The third-order valence-corrected chi connectivity index (χ3v) is 8.21. The van der Waals surface area contributed by atoms with Gasteiger partial charge in [-0.05, 0) is 79.2 Å². The number of carbonyl (C=O) groups is 3. The van der Waals surface area contributed by atoms with Crippen LogP contribution in [-0.4, -0.2) is 65.7 Å². The number of hydrogen-bond donors (Lipinski definition) is 3. The summed E-state index contributed by atoms with van der Waals surface area (Å²) in [5, 5.41) is 13.7. The maximum absolute atomic E-state index is 13.3. The SMILES string of the molecule is Cc1c(NC(=O)c2ccc(C#N)cc2)cccc1-c1ccc(C(N)=O)c2[nH]c3cc(C(=O)N4CCN(C)CC4)ccc3c12. The van der Waals surface area contributed by atoms with E-state index in [4.69, 9.17) is 11.0 Å². The standard InChI is InChI=1S/C34H30N6O3/c1-20-24(4-3-5-28(20)38-33(42)22-8-6-21(19-35)7-9-22)25-12-13-27(32(36)41)31-30(25)26-11-10-23(18-29(26)37-31)34(43)40-16-14-39(2)15-17-40/h3-13,18,37H,14-17H2,1-2H3,(H2,36,41)(H,38,42). The molecule has 0 saturated carbocycles. The molecule has 214 valence electrons. The number of aromatic amines is 1. The van der Waals surface area contributed by atoms with E-state index in [1.165, 1.54) is 0 Å². The fourth-order valence-corrected chi connectivity index (χ4v) is 5.72. The van der Waals surface area contributed by atoms with Crippen LogP contribution in [0.2, 0.25) is 0 Å². The van der Waals surface area contributed by atoms with Crippen LogP contribution in [0.3, 0.4) is 0 Å². The number of hydrogen-bond acceptors (Lipinski definition) is 5. The van der Waals surface area contributed by atoms with Gasteiger partial charge in [0.05, 0.1) is 22.7 Å². The number of rotatable bonds is 5. The van der Waals surface area contributed by atoms with E-state index >= 15 is 0 Å². The molecule has 0 atom stereocenters. The second-order valence-electron chi connectivity index (χ2n) is 10.9. The second-order valence-corrected chi connectivity index (χ2v) is 10.9. The molecule has 5 aromatic rings. The highest BCUT2D eigenvalue weighted by molar-refractivity contribution is 6.20. The van der Waals surface area contributed by atoms with Crippen molar-refractivity contribution < 1.29 is 14.4 Å². The van der Waals surface area contributed by atoms with Crippen molar-refractivity contribution in [3.05, 3.63) is 101 Å². The number of primary amides is 1. The molecule has 0 radical (unpaired) electrons. The molecule has 0 spiro atoms. The monoisotopic (exact) mass is 570 g/mol. The number of H-pyrrole nitrogens is 1. The van der Waals surface area contributed by atoms with E-state index in [1.54, 1.807) is 30.3 Å². The van der Waals surface area contributed by atoms with E-state index in [2.05, 4.69) is 21.3 Å². The molecule has 6 rings (SSSR count). The van der Waals surface area contributed by atoms with Gasteiger partial charge in [0.2, 0.25) is 0 Å². The lowest BCUT2D eigenvalue weighted by atomic mass is 9.93. The molecule has 2 heterocycles. The molecule has 0 unspecified atom stereocenters. The van der Waals surface area contributed by atoms with E-state index in [-0.39, 0.29) is 11.8 Å². The van der Waals surface area contributed by atoms with Crippen LogP contribution in [0.5, 0.6) is 0 Å². The largest absolute Gasteiger partial charge is 0.366 e. The number of nitriles is 1. The van der Waals surface area contributed by atoms with Crippen LogP contribution < -0.4 is 11.1 Å². The van der Waals surface area contributed by atoms with Gasteiger partial charge < -0.3 is 25.8 Å². The average Bonchev–Trinajstić information content (AvgIpc) is 3.40. The molecule has 1 fully saturated rings. The van der Waals surface area contributed by atoms with Gasteiger partial charge in [0.15, 0.2) is 0 Å². The first kappa shape index (κ1) is 27.7. The van der Waals surface area contributed by atoms with Gasteiger partial charge >= 0.3 is 0 Å². The second kappa shape index (κ2) is 11.1. The van der Waals surface area contributed by atoms with Crippen molar-refractivity contribution in [1.29, 1.82) is 5.26 Å². The molecule has 0 bridgehead atoms. The lowest BCUT2D eigenvalue weighted by molar-refractivity contribution is 0.0664. The highest BCUT2D eigenvalue weighted by Gasteiger charge is 2.23. The molecule has 4 aromatic carbocycles. The zero-order valence-electron chi connectivity index (χ0n) is 23.9. The summed E-state index contributed by atoms with van der Waals surface area (Å²) >= 11 is 0. The molecule has 4 N–H and O–H groups in total. The number of nitrogens with one attached hydrogen (secondary N) is 2. The first-order valence-corrected chi connectivity index (χ1v) is 14.0. The quantitative estimate of drug-likeness (QED) is 0.276. The molecule has 1 saturated heterocycles. The fraction of sp³-hybridized carbons (Fsp3) is 0.176. The first-order chi connectivity index (χ1) is 20.7. The van der Waals surface area contributed by atoms with E-state index in [0.717, 1.165) is 46.1 Å². The predicted molar refractivity (Wildman–Crippen MR) is 167 cm³/mol. The highest BCUT2D eigenvalue weighted by Crippen LogP contribution is 2.39. The summed E-state index contributed by atoms with van der Waals surface area (Å²) in [6, 6.07) is 23.3. The van der Waals surface area contributed by atoms with Crippen molar-refractivity contribution in [3.8, 4) is 17.2 Å². The number of likely N-dealkylation sites (N-methyl/N-ethyl adjacent to an activating group) is 1. The molecule has 1 aromatic heterocycles. The zero-order chi connectivity index (χ0) is 30.2. The minimum absolute atomic E-state index is 0.0226. The number of aromatic nitrogens is 1. The molecule has 9 heteroatoms. The van der Waals surface area contributed by atoms with Crippen molar-refractivity contribution in [2.75, 3.05) is 38.5 Å². The normalized spacial score (nSPS) is 13.7. The van der Waals surface area contributed by atoms with Crippen molar-refractivity contribution >= 4 is 45.2 Å². The third-order valence-electron chi connectivity index (χ3n) is 8.21. The Balaban J connectivity index is 1.42. The number of carbonyl (C=O) groups excluding carboxylic acids is 3. The van der Waals surface area contributed by atoms with E-state index in [0.29, 0.717) is 46.5 Å². The maximum atomic E-state index is 13.3. The Morgan fingerprint density at radius 2 is 1.63 bits per heavy atom. The summed E-state index contributed by atoms with van der Waals surface area (Å²) in [6.07, 6.45) is 0. The van der Waals surface area contributed by atoms with Crippen LogP contribution in [0.4, 0.5) is 5.69 Å². The summed E-state index contributed by atoms with van der Waals surface area (Å²) in [5.41, 5.74) is 12.2. The third kappa shape index (κ3) is 5.09. The minimum Gasteiger partial charge on any atom is -0.366 e. The predicted octanol–water partition coefficient (Wildman–Crippen LogP) is 4.91. The van der Waals surface area contributed by atoms with Gasteiger partial charge in [0.1, 0.15) is 0 Å². The van der Waals surface area contributed by atoms with Crippen LogP contribution >= 0.6 is 0 Å². The Labute approximate surface area is 248 Å². The first-order valence-electron chi connectivity index (χ1n) is 14.0. The fourth-order valence-electron chi connectivity index (χ4n) is 5.72. The number of benzene rings is 4. The Morgan fingerprint density at radius 3 is 2.33 bits per heavy atom. The Bertz CT molecular complexity index is 1960. The molecule has 1 aliphatic rings.